The summed E-state index contributed by atoms with van der Waals surface area (Å²) in [5, 5.41) is 5.31. The van der Waals surface area contributed by atoms with Gasteiger partial charge in [-0.05, 0) is 44.0 Å². The van der Waals surface area contributed by atoms with Crippen LogP contribution in [-0.2, 0) is 6.54 Å². The number of benzene rings is 2. The molecule has 1 aliphatic heterocycles. The molecule has 0 fully saturated rings. The molecular weight excluding hydrogens is 390 g/mol. The highest BCUT2D eigenvalue weighted by molar-refractivity contribution is 6.01. The molecule has 158 valence electrons. The van der Waals surface area contributed by atoms with E-state index in [1.165, 1.54) is 0 Å². The minimum Gasteiger partial charge on any atom is -0.486 e. The van der Waals surface area contributed by atoms with E-state index in [1.807, 2.05) is 24.3 Å². The Morgan fingerprint density at radius 2 is 1.87 bits per heavy atom. The van der Waals surface area contributed by atoms with Crippen LogP contribution in [0.1, 0.15) is 50.4 Å². The minimum atomic E-state index is -0.406. The van der Waals surface area contributed by atoms with Crippen molar-refractivity contribution >= 4 is 16.7 Å². The maximum Gasteiger partial charge on any atom is 0.258 e. The summed E-state index contributed by atoms with van der Waals surface area (Å²) in [6.45, 7) is 7.09. The Bertz CT molecular complexity index is 1280. The topological polar surface area (TPSA) is 70.2 Å². The molecule has 0 unspecified atom stereocenters. The highest BCUT2D eigenvalue weighted by atomic mass is 16.5. The zero-order chi connectivity index (χ0) is 21.6. The highest BCUT2D eigenvalue weighted by Crippen LogP contribution is 2.39. The first-order chi connectivity index (χ1) is 15.1. The van der Waals surface area contributed by atoms with Crippen LogP contribution in [-0.4, -0.2) is 26.1 Å². The molecule has 31 heavy (non-hydrogen) atoms. The molecule has 0 N–H and O–H groups in total. The van der Waals surface area contributed by atoms with Crippen LogP contribution in [0.25, 0.3) is 33.7 Å². The van der Waals surface area contributed by atoms with E-state index in [9.17, 15) is 4.79 Å². The van der Waals surface area contributed by atoms with E-state index in [1.54, 1.807) is 6.07 Å². The molecule has 6 heteroatoms. The number of ketones is 1. The lowest BCUT2D eigenvalue weighted by Crippen LogP contribution is -2.40. The molecule has 6 nitrogen and oxygen atoms in total. The number of hydrogen-bond donors (Lipinski definition) is 0. The molecule has 0 spiro atoms. The van der Waals surface area contributed by atoms with Gasteiger partial charge in [0.05, 0.1) is 12.0 Å². The molecule has 0 radical (unpaired) electrons. The molecule has 2 aromatic carbocycles. The summed E-state index contributed by atoms with van der Waals surface area (Å²) < 4.78 is 14.0. The van der Waals surface area contributed by atoms with Crippen molar-refractivity contribution in [1.29, 1.82) is 0 Å². The van der Waals surface area contributed by atoms with Gasteiger partial charge in [-0.2, -0.15) is 4.98 Å². The monoisotopic (exact) mass is 415 g/mol. The van der Waals surface area contributed by atoms with Gasteiger partial charge in [-0.15, -0.1) is 0 Å². The third-order valence-electron chi connectivity index (χ3n) is 6.42. The van der Waals surface area contributed by atoms with Gasteiger partial charge in [-0.1, -0.05) is 37.2 Å². The fourth-order valence-corrected chi connectivity index (χ4v) is 4.41. The van der Waals surface area contributed by atoms with Crippen LogP contribution in [0.4, 0.5) is 0 Å². The number of aryl methyl sites for hydroxylation is 1. The normalized spacial score (nSPS) is 15.1. The molecule has 2 aromatic heterocycles. The predicted molar refractivity (Wildman–Crippen MR) is 119 cm³/mol. The van der Waals surface area contributed by atoms with Crippen molar-refractivity contribution in [2.75, 3.05) is 0 Å². The molecule has 3 heterocycles. The van der Waals surface area contributed by atoms with E-state index in [-0.39, 0.29) is 5.78 Å². The van der Waals surface area contributed by atoms with E-state index >= 15 is 0 Å². The zero-order valence-electron chi connectivity index (χ0n) is 18.0. The van der Waals surface area contributed by atoms with Crippen LogP contribution >= 0.6 is 0 Å². The quantitative estimate of drug-likeness (QED) is 0.406. The average molecular weight is 415 g/mol. The van der Waals surface area contributed by atoms with Crippen LogP contribution in [0.15, 0.2) is 53.2 Å². The van der Waals surface area contributed by atoms with Crippen LogP contribution in [0.2, 0.25) is 0 Å². The largest absolute Gasteiger partial charge is 0.486 e. The van der Waals surface area contributed by atoms with Crippen molar-refractivity contribution in [1.82, 2.24) is 14.7 Å². The van der Waals surface area contributed by atoms with Gasteiger partial charge in [0.2, 0.25) is 5.82 Å². The lowest BCUT2D eigenvalue weighted by Gasteiger charge is -2.36. The predicted octanol–water partition coefficient (Wildman–Crippen LogP) is 5.90. The van der Waals surface area contributed by atoms with Crippen LogP contribution in [0.5, 0.6) is 5.75 Å². The third-order valence-corrected chi connectivity index (χ3v) is 6.42. The molecule has 0 amide bonds. The van der Waals surface area contributed by atoms with E-state index in [0.717, 1.165) is 35.9 Å². The van der Waals surface area contributed by atoms with Gasteiger partial charge >= 0.3 is 0 Å². The second-order valence-electron chi connectivity index (χ2n) is 8.07. The molecule has 0 aliphatic carbocycles. The lowest BCUT2D eigenvalue weighted by atomic mass is 9.85. The zero-order valence-corrected chi connectivity index (χ0v) is 18.0. The molecule has 0 bridgehead atoms. The molecule has 0 saturated heterocycles. The molecule has 0 atom stereocenters. The first-order valence-electron chi connectivity index (χ1n) is 10.9. The van der Waals surface area contributed by atoms with Gasteiger partial charge in [0, 0.05) is 34.8 Å². The fourth-order valence-electron chi connectivity index (χ4n) is 4.41. The van der Waals surface area contributed by atoms with Crippen LogP contribution in [0.3, 0.4) is 0 Å². The molecular formula is C25H25N3O3. The number of ether oxygens (including phenoxy) is 1. The number of Topliss-reactive ketones (excluding diaryl/α,β-unsaturated/α-hetero) is 1. The van der Waals surface area contributed by atoms with E-state index < -0.39 is 5.60 Å². The summed E-state index contributed by atoms with van der Waals surface area (Å²) in [6, 6.07) is 13.7. The van der Waals surface area contributed by atoms with E-state index in [0.29, 0.717) is 35.0 Å². The van der Waals surface area contributed by atoms with Crippen molar-refractivity contribution in [3.63, 3.8) is 0 Å². The Hall–Kier alpha value is -3.41. The summed E-state index contributed by atoms with van der Waals surface area (Å²) in [5.41, 5.74) is 2.96. The van der Waals surface area contributed by atoms with Crippen molar-refractivity contribution < 1.29 is 14.1 Å². The number of rotatable bonds is 5. The maximum absolute atomic E-state index is 12.9. The van der Waals surface area contributed by atoms with E-state index in [4.69, 9.17) is 9.26 Å². The summed E-state index contributed by atoms with van der Waals surface area (Å²) in [6.07, 6.45) is 4.05. The van der Waals surface area contributed by atoms with Gasteiger partial charge < -0.3 is 13.8 Å². The van der Waals surface area contributed by atoms with Gasteiger partial charge in [0.1, 0.15) is 11.4 Å². The number of hydrogen-bond acceptors (Lipinski definition) is 5. The summed E-state index contributed by atoms with van der Waals surface area (Å²) in [7, 11) is 0. The Labute approximate surface area is 180 Å². The Balaban J connectivity index is 1.52. The van der Waals surface area contributed by atoms with Gasteiger partial charge in [0.25, 0.3) is 5.89 Å². The summed E-state index contributed by atoms with van der Waals surface area (Å²) in [5.74, 6) is 1.66. The fraction of sp³-hybridized carbons (Fsp3) is 0.320. The molecule has 5 rings (SSSR count). The number of para-hydroxylation sites is 1. The summed E-state index contributed by atoms with van der Waals surface area (Å²) >= 11 is 0. The average Bonchev–Trinajstić information content (AvgIpc) is 3.43. The first-order valence-corrected chi connectivity index (χ1v) is 10.9. The van der Waals surface area contributed by atoms with E-state index in [2.05, 4.69) is 53.8 Å². The van der Waals surface area contributed by atoms with Crippen LogP contribution < -0.4 is 4.74 Å². The number of carbonyl (C=O) groups excluding carboxylic acids is 1. The van der Waals surface area contributed by atoms with Crippen molar-refractivity contribution in [2.24, 2.45) is 0 Å². The molecule has 0 saturated carbocycles. The molecule has 1 aliphatic rings. The Morgan fingerprint density at radius 1 is 1.06 bits per heavy atom. The highest BCUT2D eigenvalue weighted by Gasteiger charge is 2.38. The number of nitrogens with zero attached hydrogens (tertiary/aromatic N) is 3. The number of aromatic nitrogens is 3. The maximum atomic E-state index is 12.9. The number of carbonyl (C=O) groups is 1. The smallest absolute Gasteiger partial charge is 0.258 e. The van der Waals surface area contributed by atoms with Gasteiger partial charge in [0.15, 0.2) is 5.78 Å². The second kappa shape index (κ2) is 7.38. The Morgan fingerprint density at radius 3 is 2.65 bits per heavy atom. The van der Waals surface area contributed by atoms with Crippen molar-refractivity contribution in [2.45, 2.75) is 52.2 Å². The van der Waals surface area contributed by atoms with Gasteiger partial charge in [-0.25, -0.2) is 0 Å². The summed E-state index contributed by atoms with van der Waals surface area (Å²) in [4.78, 5) is 17.5. The number of fused-ring (bicyclic) bond motifs is 2. The van der Waals surface area contributed by atoms with Crippen molar-refractivity contribution in [3.05, 3.63) is 54.2 Å². The lowest BCUT2D eigenvalue weighted by molar-refractivity contribution is 0.0350. The Kier molecular flexibility index (Phi) is 4.65. The minimum absolute atomic E-state index is 0.0950. The van der Waals surface area contributed by atoms with Crippen LogP contribution in [0, 0.1) is 0 Å². The SMILES string of the molecule is CCn1cc(-c2noc(-c3ccc4c(c3)C(=O)CC(CC)(CC)O4)n2)c2ccccc21. The molecule has 4 aromatic rings. The second-order valence-corrected chi connectivity index (χ2v) is 8.07. The van der Waals surface area contributed by atoms with Crippen molar-refractivity contribution in [3.8, 4) is 28.6 Å². The first kappa shape index (κ1) is 19.5. The van der Waals surface area contributed by atoms with Gasteiger partial charge in [-0.3, -0.25) is 4.79 Å². The third kappa shape index (κ3) is 3.14. The standard InChI is InChI=1S/C25H25N3O3/c1-4-25(5-2)14-21(29)18-13-16(11-12-22(18)30-25)24-26-23(27-31-24)19-15-28(6-3)20-10-8-7-9-17(19)20/h7-13,15H,4-6,14H2,1-3H3.